The average Bonchev–Trinajstić information content (AvgIpc) is 2.74. The molecule has 2 heterocycles. The third kappa shape index (κ3) is 1.84. The molecule has 0 aliphatic rings. The van der Waals surface area contributed by atoms with Gasteiger partial charge in [0.1, 0.15) is 10.6 Å². The number of nitrogens with two attached hydrogens (primary N) is 2. The number of phenols is 1. The normalized spacial score (nSPS) is 10.8. The van der Waals surface area contributed by atoms with Gasteiger partial charge in [0.2, 0.25) is 5.95 Å². The van der Waals surface area contributed by atoms with Gasteiger partial charge in [-0.1, -0.05) is 12.1 Å². The van der Waals surface area contributed by atoms with Crippen molar-refractivity contribution >= 4 is 39.5 Å². The molecule has 2 aromatic heterocycles. The molecule has 3 aromatic rings. The highest BCUT2D eigenvalue weighted by atomic mass is 32.1. The quantitative estimate of drug-likeness (QED) is 0.621. The van der Waals surface area contributed by atoms with Crippen LogP contribution in [0.2, 0.25) is 0 Å². The number of aromatic nitrogens is 2. The number of carbonyl (C=O) groups excluding carboxylic acids is 1. The molecule has 0 bridgehead atoms. The standard InChI is InChI=1S/C13H10N4O2S/c14-10-8(5-18)20-12-9(10)11(16-13(15)17-12)6-2-1-3-7(19)4-6/h1-5,19H,14H2,(H2,15,16,17). The highest BCUT2D eigenvalue weighted by molar-refractivity contribution is 7.21. The Morgan fingerprint density at radius 3 is 2.75 bits per heavy atom. The highest BCUT2D eigenvalue weighted by Gasteiger charge is 2.17. The van der Waals surface area contributed by atoms with Crippen LogP contribution in [0.15, 0.2) is 24.3 Å². The Hall–Kier alpha value is -2.67. The molecule has 0 saturated carbocycles. The maximum atomic E-state index is 11.0. The van der Waals surface area contributed by atoms with E-state index in [1.54, 1.807) is 24.3 Å². The fourth-order valence-electron chi connectivity index (χ4n) is 2.01. The first kappa shape index (κ1) is 12.4. The molecule has 0 radical (unpaired) electrons. The van der Waals surface area contributed by atoms with Gasteiger partial charge in [0.15, 0.2) is 6.29 Å². The van der Waals surface area contributed by atoms with E-state index < -0.39 is 0 Å². The zero-order valence-corrected chi connectivity index (χ0v) is 11.0. The molecule has 0 amide bonds. The van der Waals surface area contributed by atoms with Gasteiger partial charge in [0.25, 0.3) is 0 Å². The van der Waals surface area contributed by atoms with Crippen LogP contribution in [0.1, 0.15) is 9.67 Å². The van der Waals surface area contributed by atoms with Crippen molar-refractivity contribution in [3.8, 4) is 17.0 Å². The summed E-state index contributed by atoms with van der Waals surface area (Å²) in [6.07, 6.45) is 0.685. The predicted molar refractivity (Wildman–Crippen MR) is 78.7 cm³/mol. The van der Waals surface area contributed by atoms with Crippen LogP contribution in [0.4, 0.5) is 11.6 Å². The second kappa shape index (κ2) is 4.46. The Labute approximate surface area is 117 Å². The van der Waals surface area contributed by atoms with E-state index in [0.717, 1.165) is 11.3 Å². The number of rotatable bonds is 2. The van der Waals surface area contributed by atoms with E-state index in [-0.39, 0.29) is 11.7 Å². The van der Waals surface area contributed by atoms with Gasteiger partial charge in [-0.25, -0.2) is 9.97 Å². The van der Waals surface area contributed by atoms with E-state index >= 15 is 0 Å². The lowest BCUT2D eigenvalue weighted by Crippen LogP contribution is -1.98. The minimum atomic E-state index is 0.0922. The monoisotopic (exact) mass is 286 g/mol. The van der Waals surface area contributed by atoms with Crippen molar-refractivity contribution in [2.45, 2.75) is 0 Å². The fourth-order valence-corrected chi connectivity index (χ4v) is 2.92. The summed E-state index contributed by atoms with van der Waals surface area (Å²) in [6, 6.07) is 6.58. The largest absolute Gasteiger partial charge is 0.508 e. The summed E-state index contributed by atoms with van der Waals surface area (Å²) in [4.78, 5) is 20.2. The Kier molecular flexibility index (Phi) is 2.76. The maximum Gasteiger partial charge on any atom is 0.221 e. The first-order chi connectivity index (χ1) is 9.60. The van der Waals surface area contributed by atoms with E-state index in [1.165, 1.54) is 0 Å². The van der Waals surface area contributed by atoms with E-state index in [0.29, 0.717) is 38.3 Å². The topological polar surface area (TPSA) is 115 Å². The number of carbonyl (C=O) groups is 1. The number of thiophene rings is 1. The Morgan fingerprint density at radius 2 is 2.05 bits per heavy atom. The Morgan fingerprint density at radius 1 is 1.25 bits per heavy atom. The summed E-state index contributed by atoms with van der Waals surface area (Å²) in [5.41, 5.74) is 13.2. The number of aldehydes is 1. The van der Waals surface area contributed by atoms with E-state index in [1.807, 2.05) is 0 Å². The third-order valence-corrected chi connectivity index (χ3v) is 3.89. The van der Waals surface area contributed by atoms with Gasteiger partial charge in [-0.3, -0.25) is 4.79 Å². The third-order valence-electron chi connectivity index (χ3n) is 2.86. The lowest BCUT2D eigenvalue weighted by molar-refractivity contribution is 0.112. The average molecular weight is 286 g/mol. The summed E-state index contributed by atoms with van der Waals surface area (Å²) in [5.74, 6) is 0.201. The van der Waals surface area contributed by atoms with Crippen LogP contribution in [0.5, 0.6) is 5.75 Å². The molecular weight excluding hydrogens is 276 g/mol. The number of phenolic OH excluding ortho intramolecular Hbond substituents is 1. The molecule has 3 rings (SSSR count). The molecule has 1 aromatic carbocycles. The molecular formula is C13H10N4O2S. The number of anilines is 2. The molecule has 100 valence electrons. The molecule has 6 nitrogen and oxygen atoms in total. The van der Waals surface area contributed by atoms with Crippen LogP contribution in [-0.2, 0) is 0 Å². The molecule has 0 atom stereocenters. The number of aromatic hydroxyl groups is 1. The van der Waals surface area contributed by atoms with Crippen molar-refractivity contribution in [1.82, 2.24) is 9.97 Å². The van der Waals surface area contributed by atoms with Gasteiger partial charge in [0, 0.05) is 5.56 Å². The SMILES string of the molecule is Nc1nc(-c2cccc(O)c2)c2c(N)c(C=O)sc2n1. The molecule has 0 aliphatic heterocycles. The van der Waals surface area contributed by atoms with Crippen LogP contribution in [-0.4, -0.2) is 21.4 Å². The molecule has 0 saturated heterocycles. The summed E-state index contributed by atoms with van der Waals surface area (Å²) >= 11 is 1.16. The number of hydrogen-bond acceptors (Lipinski definition) is 7. The summed E-state index contributed by atoms with van der Waals surface area (Å²) in [7, 11) is 0. The number of benzene rings is 1. The van der Waals surface area contributed by atoms with Crippen molar-refractivity contribution in [3.05, 3.63) is 29.1 Å². The van der Waals surface area contributed by atoms with Crippen molar-refractivity contribution in [3.63, 3.8) is 0 Å². The van der Waals surface area contributed by atoms with Crippen LogP contribution in [0.25, 0.3) is 21.5 Å². The van der Waals surface area contributed by atoms with E-state index in [9.17, 15) is 9.90 Å². The van der Waals surface area contributed by atoms with Crippen LogP contribution >= 0.6 is 11.3 Å². The van der Waals surface area contributed by atoms with E-state index in [4.69, 9.17) is 11.5 Å². The first-order valence-electron chi connectivity index (χ1n) is 5.70. The highest BCUT2D eigenvalue weighted by Crippen LogP contribution is 2.38. The number of hydrogen-bond donors (Lipinski definition) is 3. The zero-order valence-electron chi connectivity index (χ0n) is 10.2. The predicted octanol–water partition coefficient (Wildman–Crippen LogP) is 2.04. The maximum absolute atomic E-state index is 11.0. The minimum absolute atomic E-state index is 0.0922. The fraction of sp³-hybridized carbons (Fsp3) is 0. The van der Waals surface area contributed by atoms with Gasteiger partial charge in [-0.05, 0) is 12.1 Å². The second-order valence-electron chi connectivity index (χ2n) is 4.16. The summed E-state index contributed by atoms with van der Waals surface area (Å²) in [5, 5.41) is 10.2. The molecule has 0 spiro atoms. The first-order valence-corrected chi connectivity index (χ1v) is 6.52. The van der Waals surface area contributed by atoms with Gasteiger partial charge in [-0.2, -0.15) is 0 Å². The zero-order chi connectivity index (χ0) is 14.3. The van der Waals surface area contributed by atoms with Gasteiger partial charge in [0.05, 0.1) is 21.6 Å². The van der Waals surface area contributed by atoms with Crippen LogP contribution in [0, 0.1) is 0 Å². The molecule has 0 aliphatic carbocycles. The number of fused-ring (bicyclic) bond motifs is 1. The molecule has 5 N–H and O–H groups in total. The molecule has 20 heavy (non-hydrogen) atoms. The van der Waals surface area contributed by atoms with Crippen LogP contribution in [0.3, 0.4) is 0 Å². The number of nitrogen functional groups attached to an aromatic ring is 2. The van der Waals surface area contributed by atoms with Crippen molar-refractivity contribution < 1.29 is 9.90 Å². The molecule has 0 unspecified atom stereocenters. The van der Waals surface area contributed by atoms with Gasteiger partial charge < -0.3 is 16.6 Å². The van der Waals surface area contributed by atoms with Crippen LogP contribution < -0.4 is 11.5 Å². The summed E-state index contributed by atoms with van der Waals surface area (Å²) < 4.78 is 0. The van der Waals surface area contributed by atoms with Crippen molar-refractivity contribution in [1.29, 1.82) is 0 Å². The van der Waals surface area contributed by atoms with Gasteiger partial charge >= 0.3 is 0 Å². The summed E-state index contributed by atoms with van der Waals surface area (Å²) in [6.45, 7) is 0. The minimum Gasteiger partial charge on any atom is -0.508 e. The Bertz CT molecular complexity index is 829. The Balaban J connectivity index is 2.40. The lowest BCUT2D eigenvalue weighted by Gasteiger charge is -2.05. The second-order valence-corrected chi connectivity index (χ2v) is 5.19. The van der Waals surface area contributed by atoms with Crippen molar-refractivity contribution in [2.24, 2.45) is 0 Å². The molecule has 0 fully saturated rings. The van der Waals surface area contributed by atoms with Gasteiger partial charge in [-0.15, -0.1) is 11.3 Å². The smallest absolute Gasteiger partial charge is 0.221 e. The lowest BCUT2D eigenvalue weighted by atomic mass is 10.1. The number of nitrogens with zero attached hydrogens (tertiary/aromatic N) is 2. The molecule has 7 heteroatoms. The van der Waals surface area contributed by atoms with E-state index in [2.05, 4.69) is 9.97 Å². The van der Waals surface area contributed by atoms with Crippen molar-refractivity contribution in [2.75, 3.05) is 11.5 Å².